The van der Waals surface area contributed by atoms with Crippen molar-refractivity contribution in [2.45, 2.75) is 38.1 Å². The van der Waals surface area contributed by atoms with Crippen LogP contribution in [0.4, 0.5) is 0 Å². The molecule has 0 aliphatic heterocycles. The maximum Gasteiger partial charge on any atom is 0.400 e. The molecule has 0 aromatic heterocycles. The van der Waals surface area contributed by atoms with E-state index >= 15 is 0 Å². The van der Waals surface area contributed by atoms with Gasteiger partial charge in [0.2, 0.25) is 0 Å². The maximum atomic E-state index is 11.0. The summed E-state index contributed by atoms with van der Waals surface area (Å²) in [5, 5.41) is 2.57. The van der Waals surface area contributed by atoms with E-state index in [4.69, 9.17) is 9.79 Å². The van der Waals surface area contributed by atoms with E-state index in [9.17, 15) is 4.57 Å². The van der Waals surface area contributed by atoms with E-state index in [1.165, 1.54) is 32.1 Å². The highest BCUT2D eigenvalue weighted by Gasteiger charge is 2.49. The first-order chi connectivity index (χ1) is 7.01. The molecule has 0 saturated heterocycles. The van der Waals surface area contributed by atoms with E-state index in [0.717, 1.165) is 11.8 Å². The summed E-state index contributed by atoms with van der Waals surface area (Å²) in [4.78, 5) is 18.0. The topological polar surface area (TPSA) is 69.6 Å². The second kappa shape index (κ2) is 3.30. The minimum Gasteiger partial charge on any atom is -0.313 e. The monoisotopic (exact) mass is 231 g/mol. The van der Waals surface area contributed by atoms with Gasteiger partial charge in [0.1, 0.15) is 0 Å². The van der Waals surface area contributed by atoms with Crippen LogP contribution in [0, 0.1) is 23.7 Å². The van der Waals surface area contributed by atoms with Crippen molar-refractivity contribution in [3.63, 3.8) is 0 Å². The van der Waals surface area contributed by atoms with Gasteiger partial charge in [-0.1, -0.05) is 0 Å². The summed E-state index contributed by atoms with van der Waals surface area (Å²) in [5.74, 6) is 2.74. The van der Waals surface area contributed by atoms with Crippen LogP contribution in [0.3, 0.4) is 0 Å². The second-order valence-electron chi connectivity index (χ2n) is 5.63. The Hall–Kier alpha value is 0.110. The zero-order valence-electron chi connectivity index (χ0n) is 8.67. The van der Waals surface area contributed by atoms with Crippen LogP contribution in [-0.2, 0) is 4.57 Å². The fraction of sp³-hybridized carbons (Fsp3) is 1.00. The number of rotatable bonds is 2. The fourth-order valence-corrected chi connectivity index (χ4v) is 5.14. The molecule has 0 spiro atoms. The lowest BCUT2D eigenvalue weighted by Gasteiger charge is -2.54. The van der Waals surface area contributed by atoms with Gasteiger partial charge in [-0.05, 0) is 55.8 Å². The van der Waals surface area contributed by atoms with E-state index < -0.39 is 7.75 Å². The van der Waals surface area contributed by atoms with Gasteiger partial charge in [0.05, 0.1) is 0 Å². The van der Waals surface area contributed by atoms with Gasteiger partial charge in [0.15, 0.2) is 0 Å². The maximum absolute atomic E-state index is 11.0. The van der Waals surface area contributed by atoms with Crippen molar-refractivity contribution in [2.75, 3.05) is 0 Å². The van der Waals surface area contributed by atoms with Crippen LogP contribution in [0.5, 0.6) is 0 Å². The summed E-state index contributed by atoms with van der Waals surface area (Å²) >= 11 is 0. The zero-order chi connectivity index (χ0) is 10.6. The molecule has 0 atom stereocenters. The van der Waals surface area contributed by atoms with Crippen LogP contribution >= 0.6 is 7.75 Å². The average Bonchev–Trinajstić information content (AvgIpc) is 2.08. The Morgan fingerprint density at radius 2 is 1.40 bits per heavy atom. The van der Waals surface area contributed by atoms with Crippen molar-refractivity contribution >= 4 is 7.75 Å². The van der Waals surface area contributed by atoms with Gasteiger partial charge in [0.25, 0.3) is 0 Å². The number of hydrogen-bond donors (Lipinski definition) is 3. The van der Waals surface area contributed by atoms with Crippen molar-refractivity contribution in [2.24, 2.45) is 23.7 Å². The Morgan fingerprint density at radius 1 is 0.933 bits per heavy atom. The Kier molecular flexibility index (Phi) is 2.26. The molecule has 4 fully saturated rings. The van der Waals surface area contributed by atoms with Crippen molar-refractivity contribution < 1.29 is 14.4 Å². The van der Waals surface area contributed by atoms with E-state index in [0.29, 0.717) is 11.8 Å². The molecule has 5 heteroatoms. The molecule has 0 aromatic carbocycles. The van der Waals surface area contributed by atoms with Crippen molar-refractivity contribution in [1.29, 1.82) is 0 Å². The summed E-state index contributed by atoms with van der Waals surface area (Å²) in [6.07, 6.45) is 6.11. The smallest absolute Gasteiger partial charge is 0.313 e. The fourth-order valence-electron chi connectivity index (χ4n) is 4.33. The lowest BCUT2D eigenvalue weighted by atomic mass is 9.54. The summed E-state index contributed by atoms with van der Waals surface area (Å²) in [6.45, 7) is 0. The number of hydrogen-bond acceptors (Lipinski definition) is 1. The molecule has 0 heterocycles. The van der Waals surface area contributed by atoms with Gasteiger partial charge < -0.3 is 9.79 Å². The van der Waals surface area contributed by atoms with Crippen LogP contribution < -0.4 is 5.09 Å². The Morgan fingerprint density at radius 3 is 1.80 bits per heavy atom. The molecule has 3 N–H and O–H groups in total. The van der Waals surface area contributed by atoms with Crippen LogP contribution in [0.1, 0.15) is 32.1 Å². The summed E-state index contributed by atoms with van der Waals surface area (Å²) in [5.41, 5.74) is 0. The van der Waals surface area contributed by atoms with Crippen LogP contribution in [0.25, 0.3) is 0 Å². The first-order valence-corrected chi connectivity index (χ1v) is 7.46. The molecular weight excluding hydrogens is 213 g/mol. The Balaban J connectivity index is 1.77. The molecule has 4 rings (SSSR count). The lowest BCUT2D eigenvalue weighted by Crippen LogP contribution is -2.53. The molecule has 0 radical (unpaired) electrons. The first-order valence-electron chi connectivity index (χ1n) is 5.84. The van der Waals surface area contributed by atoms with Crippen LogP contribution in [0.2, 0.25) is 0 Å². The van der Waals surface area contributed by atoms with Crippen molar-refractivity contribution in [1.82, 2.24) is 5.09 Å². The molecule has 4 aliphatic rings. The second-order valence-corrected chi connectivity index (χ2v) is 6.98. The van der Waals surface area contributed by atoms with Crippen LogP contribution in [-0.4, -0.2) is 15.8 Å². The molecule has 15 heavy (non-hydrogen) atoms. The highest BCUT2D eigenvalue weighted by Crippen LogP contribution is 2.55. The molecule has 86 valence electrons. The zero-order valence-corrected chi connectivity index (χ0v) is 9.57. The van der Waals surface area contributed by atoms with Gasteiger partial charge in [-0.2, -0.15) is 0 Å². The lowest BCUT2D eigenvalue weighted by molar-refractivity contribution is -0.00791. The Labute approximate surface area is 89.7 Å². The normalized spacial score (nSPS) is 48.5. The third-order valence-electron chi connectivity index (χ3n) is 4.54. The molecule has 0 aromatic rings. The van der Waals surface area contributed by atoms with Gasteiger partial charge in [-0.25, -0.2) is 9.65 Å². The van der Waals surface area contributed by atoms with E-state index in [2.05, 4.69) is 5.09 Å². The highest BCUT2D eigenvalue weighted by molar-refractivity contribution is 7.49. The molecule has 4 nitrogen and oxygen atoms in total. The first kappa shape index (κ1) is 10.3. The molecule has 4 saturated carbocycles. The van der Waals surface area contributed by atoms with Gasteiger partial charge >= 0.3 is 7.75 Å². The largest absolute Gasteiger partial charge is 0.400 e. The predicted octanol–water partition coefficient (Wildman–Crippen LogP) is 1.49. The van der Waals surface area contributed by atoms with E-state index in [1.54, 1.807) is 0 Å². The van der Waals surface area contributed by atoms with Crippen molar-refractivity contribution in [3.8, 4) is 0 Å². The molecule has 0 amide bonds. The third-order valence-corrected chi connectivity index (χ3v) is 5.18. The molecule has 4 bridgehead atoms. The van der Waals surface area contributed by atoms with Gasteiger partial charge in [0, 0.05) is 6.04 Å². The van der Waals surface area contributed by atoms with E-state index in [1.807, 2.05) is 0 Å². The molecule has 4 aliphatic carbocycles. The van der Waals surface area contributed by atoms with Crippen LogP contribution in [0.15, 0.2) is 0 Å². The van der Waals surface area contributed by atoms with Crippen molar-refractivity contribution in [3.05, 3.63) is 0 Å². The minimum atomic E-state index is -4.04. The third kappa shape index (κ3) is 1.89. The standard InChI is InChI=1S/C10H18NO3P/c12-15(13,14)11-10-8-2-6-1-7(4-8)5-9(10)3-6/h6-10H,1-5H2,(H3,11,12,13,14). The highest BCUT2D eigenvalue weighted by atomic mass is 31.2. The predicted molar refractivity (Wildman–Crippen MR) is 56.0 cm³/mol. The SMILES string of the molecule is O=P(O)(O)NC1C2CC3CC(C2)CC1C3. The number of nitrogens with one attached hydrogen (secondary N) is 1. The Bertz CT molecular complexity index is 286. The average molecular weight is 231 g/mol. The summed E-state index contributed by atoms with van der Waals surface area (Å²) in [7, 11) is -4.04. The summed E-state index contributed by atoms with van der Waals surface area (Å²) < 4.78 is 11.0. The van der Waals surface area contributed by atoms with E-state index in [-0.39, 0.29) is 6.04 Å². The molecule has 0 unspecified atom stereocenters. The molecular formula is C10H18NO3P. The summed E-state index contributed by atoms with van der Waals surface area (Å²) in [6, 6.07) is 0.0821. The van der Waals surface area contributed by atoms with Gasteiger partial charge in [-0.3, -0.25) is 0 Å². The minimum absolute atomic E-state index is 0.0821. The van der Waals surface area contributed by atoms with Gasteiger partial charge in [-0.15, -0.1) is 0 Å². The quantitative estimate of drug-likeness (QED) is 0.630.